The minimum absolute atomic E-state index is 0.000412. The van der Waals surface area contributed by atoms with Gasteiger partial charge in [-0.25, -0.2) is 29.9 Å². The number of hydrogen-bond donors (Lipinski definition) is 0. The van der Waals surface area contributed by atoms with Gasteiger partial charge >= 0.3 is 0 Å². The lowest BCUT2D eigenvalue weighted by atomic mass is 10.0. The van der Waals surface area contributed by atoms with Gasteiger partial charge in [0.2, 0.25) is 0 Å². The molecule has 0 unspecified atom stereocenters. The van der Waals surface area contributed by atoms with E-state index in [0.29, 0.717) is 11.1 Å². The Kier molecular flexibility index (Phi) is 9.83. The van der Waals surface area contributed by atoms with Crippen LogP contribution in [0.25, 0.3) is 189 Å². The van der Waals surface area contributed by atoms with Crippen LogP contribution in [0.2, 0.25) is 0 Å². The second-order valence-electron chi connectivity index (χ2n) is 23.5. The molecule has 0 aliphatic rings. The predicted molar refractivity (Wildman–Crippen MR) is 406 cm³/mol. The second-order valence-corrected chi connectivity index (χ2v) is 23.5. The topological polar surface area (TPSA) is 113 Å². The van der Waals surface area contributed by atoms with Gasteiger partial charge in [-0.05, 0) is 89.0 Å². The summed E-state index contributed by atoms with van der Waals surface area (Å²) in [6.07, 6.45) is 0. The maximum atomic E-state index is 8.58. The van der Waals surface area contributed by atoms with Gasteiger partial charge in [0.15, 0.2) is 34.9 Å². The largest absolute Gasteiger partial charge is 0.456 e. The first-order chi connectivity index (χ1) is 57.8. The van der Waals surface area contributed by atoms with E-state index in [1.54, 1.807) is 24.3 Å². The van der Waals surface area contributed by atoms with E-state index in [2.05, 4.69) is 124 Å². The van der Waals surface area contributed by atoms with Crippen molar-refractivity contribution in [2.24, 2.45) is 0 Å². The van der Waals surface area contributed by atoms with Crippen LogP contribution in [0.1, 0.15) is 27.4 Å². The van der Waals surface area contributed by atoms with Gasteiger partial charge < -0.3 is 18.0 Å². The molecule has 20 rings (SSSR count). The molecule has 0 N–H and O–H groups in total. The van der Waals surface area contributed by atoms with Crippen molar-refractivity contribution in [1.29, 1.82) is 0 Å². The average Bonchev–Trinajstić information content (AvgIpc) is 1.49. The molecule has 0 amide bonds. The molecule has 468 valence electrons. The van der Waals surface area contributed by atoms with Crippen molar-refractivity contribution in [3.05, 3.63) is 339 Å². The summed E-state index contributed by atoms with van der Waals surface area (Å²) in [5.74, 6) is -1.26. The monoisotopic (exact) mass is 1300 g/mol. The van der Waals surface area contributed by atoms with Gasteiger partial charge in [-0.1, -0.05) is 266 Å². The maximum absolute atomic E-state index is 8.58. The molecule has 0 fully saturated rings. The van der Waals surface area contributed by atoms with Gasteiger partial charge in [0.1, 0.15) is 22.3 Å². The van der Waals surface area contributed by atoms with E-state index in [9.17, 15) is 0 Å². The van der Waals surface area contributed by atoms with Crippen molar-refractivity contribution in [2.75, 3.05) is 0 Å². The lowest BCUT2D eigenvalue weighted by Crippen LogP contribution is -2.00. The van der Waals surface area contributed by atoms with Gasteiger partial charge in [0.25, 0.3) is 0 Å². The molecule has 100 heavy (non-hydrogen) atoms. The molecule has 0 bridgehead atoms. The molecule has 0 aliphatic carbocycles. The molecule has 10 nitrogen and oxygen atoms in total. The summed E-state index contributed by atoms with van der Waals surface area (Å²) >= 11 is 0. The van der Waals surface area contributed by atoms with Crippen molar-refractivity contribution in [1.82, 2.24) is 39.0 Å². The zero-order valence-corrected chi connectivity index (χ0v) is 52.2. The Bertz CT molecular complexity index is 7480. The lowest BCUT2D eigenvalue weighted by molar-refractivity contribution is 0.669. The molecule has 0 radical (unpaired) electrons. The van der Waals surface area contributed by atoms with Crippen LogP contribution in [0, 0.1) is 0 Å². The summed E-state index contributed by atoms with van der Waals surface area (Å²) in [4.78, 5) is 26.8. The number of para-hydroxylation sites is 4. The summed E-state index contributed by atoms with van der Waals surface area (Å²) in [7, 11) is 0. The molecule has 0 atom stereocenters. The van der Waals surface area contributed by atoms with Crippen molar-refractivity contribution < 1.29 is 36.2 Å². The van der Waals surface area contributed by atoms with Crippen LogP contribution in [-0.2, 0) is 0 Å². The minimum atomic E-state index is -0.602. The van der Waals surface area contributed by atoms with E-state index >= 15 is 0 Å². The fourth-order valence-electron chi connectivity index (χ4n) is 13.1. The lowest BCUT2D eigenvalue weighted by Gasteiger charge is -2.10. The smallest absolute Gasteiger partial charge is 0.164 e. The van der Waals surface area contributed by atoms with Crippen LogP contribution in [-0.4, -0.2) is 39.0 Å². The highest BCUT2D eigenvalue weighted by Gasteiger charge is 2.21. The van der Waals surface area contributed by atoms with E-state index < -0.39 is 121 Å². The number of rotatable bonds is 10. The van der Waals surface area contributed by atoms with E-state index in [-0.39, 0.29) is 57.2 Å². The highest BCUT2D eigenvalue weighted by molar-refractivity contribution is 6.19. The van der Waals surface area contributed by atoms with Crippen LogP contribution in [0.5, 0.6) is 0 Å². The van der Waals surface area contributed by atoms with Gasteiger partial charge in [-0.2, -0.15) is 0 Å². The fraction of sp³-hybridized carbons (Fsp3) is 0. The Morgan fingerprint density at radius 2 is 0.500 bits per heavy atom. The fourth-order valence-corrected chi connectivity index (χ4v) is 13.1. The number of aromatic nitrogens is 8. The maximum Gasteiger partial charge on any atom is 0.164 e. The quantitative estimate of drug-likeness (QED) is 0.133. The molecular weight excluding hydrogens is 1230 g/mol. The second kappa shape index (κ2) is 24.2. The average molecular weight is 1300 g/mol. The van der Waals surface area contributed by atoms with E-state index in [0.717, 1.165) is 121 Å². The summed E-state index contributed by atoms with van der Waals surface area (Å²) in [5.41, 5.74) is 12.6. The zero-order valence-electron chi connectivity index (χ0n) is 72.2. The number of hydrogen-bond acceptors (Lipinski definition) is 8. The summed E-state index contributed by atoms with van der Waals surface area (Å²) in [6.45, 7) is 0. The summed E-state index contributed by atoms with van der Waals surface area (Å²) in [6, 6.07) is 60.4. The van der Waals surface area contributed by atoms with Gasteiger partial charge in [-0.3, -0.25) is 0 Å². The highest BCUT2D eigenvalue weighted by Crippen LogP contribution is 2.42. The van der Waals surface area contributed by atoms with Crippen LogP contribution < -0.4 is 0 Å². The minimum Gasteiger partial charge on any atom is -0.456 e. The Morgan fingerprint density at radius 3 is 0.890 bits per heavy atom. The van der Waals surface area contributed by atoms with Crippen molar-refractivity contribution in [3.63, 3.8) is 0 Å². The third-order valence-electron chi connectivity index (χ3n) is 17.7. The van der Waals surface area contributed by atoms with E-state index in [1.165, 1.54) is 0 Å². The van der Waals surface area contributed by atoms with Gasteiger partial charge in [0.05, 0.1) is 49.5 Å². The van der Waals surface area contributed by atoms with Crippen molar-refractivity contribution in [2.45, 2.75) is 0 Å². The van der Waals surface area contributed by atoms with Crippen LogP contribution in [0.4, 0.5) is 0 Å². The number of fused-ring (bicyclic) bond motifs is 12. The summed E-state index contributed by atoms with van der Waals surface area (Å²) < 4.78 is 184. The van der Waals surface area contributed by atoms with E-state index in [1.807, 2.05) is 109 Å². The van der Waals surface area contributed by atoms with Crippen molar-refractivity contribution in [3.8, 4) is 102 Å². The van der Waals surface area contributed by atoms with Crippen LogP contribution in [0.3, 0.4) is 0 Å². The third kappa shape index (κ3) is 10.3. The normalized spacial score (nSPS) is 14.4. The van der Waals surface area contributed by atoms with Crippen LogP contribution >= 0.6 is 0 Å². The molecule has 0 aliphatic heterocycles. The first-order valence-electron chi connectivity index (χ1n) is 41.7. The first kappa shape index (κ1) is 40.6. The first-order valence-corrected chi connectivity index (χ1v) is 31.7. The standard InChI is InChI=1S/2C45H28N4O/c1-3-11-31(12-4-1)43-46-44(32-13-5-2-6-14-32)48-45(47-43)33-21-19-29(20-22-33)30-23-25-34(26-24-30)49-39-17-9-7-15-35(39)37-28-42-38(27-40(37)49)36-16-8-10-18-41(36)50-42;1-3-11-31(12-4-1)43-46-44(32-13-5-2-6-14-32)48-45(47-43)33-21-19-29(20-22-33)30-23-25-34(26-24-30)49-39-17-9-7-15-35(39)37-27-38-36-16-8-10-18-41(36)50-42(38)28-40(37)49/h2*1-28H/i2*1D,2D,3D,4D,5D,6D,11D,12D,13D,14D. The summed E-state index contributed by atoms with van der Waals surface area (Å²) in [5, 5.41) is 8.66. The predicted octanol–water partition coefficient (Wildman–Crippen LogP) is 23.1. The number of nitrogens with zero attached hydrogens (tertiary/aromatic N) is 8. The SMILES string of the molecule is [2H]c1c([2H])c([2H])c(-c2nc(-c3ccc(-c4ccc(-n5c6ccccc6c6cc7c(cc65)oc5ccccc57)cc4)cc3)nc(-c3c([2H])c([2H])c([2H])c([2H])c3[2H])n2)c([2H])c1[2H].[2H]c1c([2H])c([2H])c(-c2nc(-c3ccc(-c4ccc(-n5c6ccccc6c6cc7oc8ccccc8c7cc65)cc4)cc3)nc(-c3c([2H])c([2H])c([2H])c([2H])c3[2H])n2)c([2H])c1[2H]. The zero-order chi connectivity index (χ0) is 83.4. The van der Waals surface area contributed by atoms with Gasteiger partial charge in [-0.15, -0.1) is 0 Å². The molecule has 20 aromatic rings. The van der Waals surface area contributed by atoms with Crippen molar-refractivity contribution >= 4 is 87.5 Å². The highest BCUT2D eigenvalue weighted by atomic mass is 16.3. The third-order valence-corrected chi connectivity index (χ3v) is 17.7. The molecule has 14 aromatic carbocycles. The molecule has 0 spiro atoms. The van der Waals surface area contributed by atoms with E-state index in [4.69, 9.17) is 36.2 Å². The number of benzene rings is 14. The Morgan fingerprint density at radius 1 is 0.210 bits per heavy atom. The molecule has 0 saturated heterocycles. The Hall–Kier alpha value is -13.7. The van der Waals surface area contributed by atoms with Crippen LogP contribution in [0.15, 0.2) is 348 Å². The molecule has 0 saturated carbocycles. The Balaban J connectivity index is 0.000000159. The molecular formula is C90H56N8O2. The molecule has 10 heteroatoms. The van der Waals surface area contributed by atoms with Gasteiger partial charge in [0, 0.05) is 93.9 Å². The Labute approximate surface area is 601 Å². The molecule has 6 heterocycles. The molecule has 6 aromatic heterocycles. The number of furan rings is 2.